The molecule has 1 aliphatic rings. The van der Waals surface area contributed by atoms with Crippen LogP contribution in [0.25, 0.3) is 21.2 Å². The van der Waals surface area contributed by atoms with E-state index in [0.717, 1.165) is 21.2 Å². The highest BCUT2D eigenvalue weighted by atomic mass is 32.1. The molecule has 0 N–H and O–H groups in total. The van der Waals surface area contributed by atoms with Gasteiger partial charge < -0.3 is 9.64 Å². The average Bonchev–Trinajstić information content (AvgIpc) is 3.07. The van der Waals surface area contributed by atoms with Crippen molar-refractivity contribution in [1.82, 2.24) is 9.88 Å². The molecule has 3 heterocycles. The summed E-state index contributed by atoms with van der Waals surface area (Å²) < 4.78 is 19.4. The molecule has 4 rings (SSSR count). The monoisotopic (exact) mass is 342 g/mol. The lowest BCUT2D eigenvalue weighted by molar-refractivity contribution is 0.0306. The minimum atomic E-state index is -0.271. The van der Waals surface area contributed by atoms with Gasteiger partial charge in [-0.1, -0.05) is 12.1 Å². The van der Waals surface area contributed by atoms with Crippen LogP contribution in [-0.2, 0) is 4.74 Å². The van der Waals surface area contributed by atoms with Crippen LogP contribution in [0.3, 0.4) is 0 Å². The van der Waals surface area contributed by atoms with Gasteiger partial charge >= 0.3 is 0 Å². The van der Waals surface area contributed by atoms with E-state index in [1.807, 2.05) is 11.0 Å². The Bertz CT molecular complexity index is 886. The first kappa shape index (κ1) is 15.2. The fraction of sp³-hybridized carbons (Fsp3) is 0.222. The maximum Gasteiger partial charge on any atom is 0.264 e. The number of amides is 1. The first-order valence-electron chi connectivity index (χ1n) is 7.73. The smallest absolute Gasteiger partial charge is 0.264 e. The Morgan fingerprint density at radius 2 is 1.92 bits per heavy atom. The Morgan fingerprint density at radius 1 is 1.17 bits per heavy atom. The summed E-state index contributed by atoms with van der Waals surface area (Å²) >= 11 is 1.44. The maximum atomic E-state index is 13.2. The van der Waals surface area contributed by atoms with Gasteiger partial charge in [0.05, 0.1) is 22.8 Å². The number of halogens is 1. The molecule has 1 amide bonds. The van der Waals surface area contributed by atoms with Crippen molar-refractivity contribution >= 4 is 27.3 Å². The van der Waals surface area contributed by atoms with E-state index in [-0.39, 0.29) is 11.7 Å². The van der Waals surface area contributed by atoms with E-state index < -0.39 is 0 Å². The molecule has 0 spiro atoms. The maximum absolute atomic E-state index is 13.2. The van der Waals surface area contributed by atoms with Crippen LogP contribution in [0.1, 0.15) is 9.67 Å². The number of hydrogen-bond donors (Lipinski definition) is 0. The molecule has 1 aliphatic heterocycles. The van der Waals surface area contributed by atoms with E-state index >= 15 is 0 Å². The zero-order valence-electron chi connectivity index (χ0n) is 12.9. The molecule has 0 unspecified atom stereocenters. The number of ether oxygens (including phenoxy) is 1. The number of nitrogens with zero attached hydrogens (tertiary/aromatic N) is 2. The number of carbonyl (C=O) groups excluding carboxylic acids is 1. The lowest BCUT2D eigenvalue weighted by atomic mass is 10.0. The van der Waals surface area contributed by atoms with E-state index in [1.165, 1.54) is 23.5 Å². The predicted octanol–water partition coefficient (Wildman–Crippen LogP) is 3.57. The molecule has 1 fully saturated rings. The molecule has 1 aromatic carbocycles. The highest BCUT2D eigenvalue weighted by Gasteiger charge is 2.21. The van der Waals surface area contributed by atoms with Crippen LogP contribution in [0, 0.1) is 5.82 Å². The van der Waals surface area contributed by atoms with Crippen LogP contribution in [0.5, 0.6) is 0 Å². The molecule has 4 nitrogen and oxygen atoms in total. The summed E-state index contributed by atoms with van der Waals surface area (Å²) in [6.07, 6.45) is 3.52. The third-order valence-electron chi connectivity index (χ3n) is 4.11. The summed E-state index contributed by atoms with van der Waals surface area (Å²) in [5, 5.41) is 0.971. The molecular weight excluding hydrogens is 327 g/mol. The second kappa shape index (κ2) is 6.30. The van der Waals surface area contributed by atoms with E-state index in [2.05, 4.69) is 4.98 Å². The number of pyridine rings is 1. The summed E-state index contributed by atoms with van der Waals surface area (Å²) in [4.78, 5) is 19.5. The Balaban J connectivity index is 1.74. The van der Waals surface area contributed by atoms with Crippen LogP contribution in [0.4, 0.5) is 4.39 Å². The van der Waals surface area contributed by atoms with Gasteiger partial charge in [0, 0.05) is 36.4 Å². The second-order valence-electron chi connectivity index (χ2n) is 5.62. The van der Waals surface area contributed by atoms with Gasteiger partial charge in [-0.25, -0.2) is 4.39 Å². The molecule has 0 atom stereocenters. The third kappa shape index (κ3) is 2.79. The topological polar surface area (TPSA) is 42.4 Å². The Morgan fingerprint density at radius 3 is 2.67 bits per heavy atom. The first-order chi connectivity index (χ1) is 11.7. The molecule has 0 saturated carbocycles. The van der Waals surface area contributed by atoms with Gasteiger partial charge in [-0.05, 0) is 23.8 Å². The normalized spacial score (nSPS) is 15.0. The molecular formula is C18H15FN2O2S. The largest absolute Gasteiger partial charge is 0.378 e. The molecule has 0 radical (unpaired) electrons. The number of hydrogen-bond acceptors (Lipinski definition) is 4. The number of carbonyl (C=O) groups is 1. The van der Waals surface area contributed by atoms with E-state index in [9.17, 15) is 9.18 Å². The fourth-order valence-electron chi connectivity index (χ4n) is 2.85. The average molecular weight is 342 g/mol. The van der Waals surface area contributed by atoms with Crippen molar-refractivity contribution in [2.75, 3.05) is 26.3 Å². The van der Waals surface area contributed by atoms with Gasteiger partial charge in [0.2, 0.25) is 0 Å². The van der Waals surface area contributed by atoms with Gasteiger partial charge in [0.15, 0.2) is 0 Å². The second-order valence-corrected chi connectivity index (χ2v) is 6.70. The summed E-state index contributed by atoms with van der Waals surface area (Å²) in [5.41, 5.74) is 1.79. The van der Waals surface area contributed by atoms with Crippen LogP contribution in [-0.4, -0.2) is 42.1 Å². The van der Waals surface area contributed by atoms with Crippen molar-refractivity contribution in [3.8, 4) is 11.1 Å². The van der Waals surface area contributed by atoms with Crippen molar-refractivity contribution in [2.24, 2.45) is 0 Å². The zero-order valence-corrected chi connectivity index (χ0v) is 13.7. The summed E-state index contributed by atoms with van der Waals surface area (Å²) in [5.74, 6) is -0.239. The molecule has 122 valence electrons. The number of fused-ring (bicyclic) bond motifs is 1. The predicted molar refractivity (Wildman–Crippen MR) is 91.7 cm³/mol. The minimum absolute atomic E-state index is 0.0320. The molecule has 6 heteroatoms. The molecule has 3 aromatic rings. The van der Waals surface area contributed by atoms with Crippen LogP contribution >= 0.6 is 11.3 Å². The minimum Gasteiger partial charge on any atom is -0.378 e. The van der Waals surface area contributed by atoms with Crippen molar-refractivity contribution in [2.45, 2.75) is 0 Å². The number of rotatable bonds is 2. The lowest BCUT2D eigenvalue weighted by Crippen LogP contribution is -2.40. The van der Waals surface area contributed by atoms with E-state index in [4.69, 9.17) is 4.74 Å². The number of benzene rings is 1. The molecule has 2 aromatic heterocycles. The number of morpholine rings is 1. The van der Waals surface area contributed by atoms with E-state index in [1.54, 1.807) is 24.5 Å². The van der Waals surface area contributed by atoms with Gasteiger partial charge in [-0.15, -0.1) is 11.3 Å². The highest BCUT2D eigenvalue weighted by molar-refractivity contribution is 7.20. The number of aromatic nitrogens is 1. The van der Waals surface area contributed by atoms with E-state index in [0.29, 0.717) is 31.2 Å². The Labute approximate surface area is 142 Å². The number of thiophene rings is 1. The molecule has 24 heavy (non-hydrogen) atoms. The van der Waals surface area contributed by atoms with Crippen molar-refractivity contribution in [1.29, 1.82) is 0 Å². The first-order valence-corrected chi connectivity index (χ1v) is 8.54. The fourth-order valence-corrected chi connectivity index (χ4v) is 3.87. The molecule has 0 aliphatic carbocycles. The molecule has 1 saturated heterocycles. The SMILES string of the molecule is O=C(c1cc2c(-c3ccc(F)cc3)cncc2s1)N1CCOCC1. The van der Waals surface area contributed by atoms with Gasteiger partial charge in [0.25, 0.3) is 5.91 Å². The summed E-state index contributed by atoms with van der Waals surface area (Å²) in [7, 11) is 0. The standard InChI is InChI=1S/C18H15FN2O2S/c19-13-3-1-12(2-4-13)15-10-20-11-17-14(15)9-16(24-17)18(22)21-5-7-23-8-6-21/h1-4,9-11H,5-8H2. The summed E-state index contributed by atoms with van der Waals surface area (Å²) in [6, 6.07) is 8.23. The zero-order chi connectivity index (χ0) is 16.5. The highest BCUT2D eigenvalue weighted by Crippen LogP contribution is 2.34. The Hall–Kier alpha value is -2.31. The van der Waals surface area contributed by atoms with Gasteiger partial charge in [-0.2, -0.15) is 0 Å². The lowest BCUT2D eigenvalue weighted by Gasteiger charge is -2.26. The van der Waals surface area contributed by atoms with Crippen LogP contribution in [0.15, 0.2) is 42.7 Å². The quantitative estimate of drug-likeness (QED) is 0.715. The van der Waals surface area contributed by atoms with Crippen molar-refractivity contribution < 1.29 is 13.9 Å². The third-order valence-corrected chi connectivity index (χ3v) is 5.17. The molecule has 0 bridgehead atoms. The van der Waals surface area contributed by atoms with Gasteiger partial charge in [-0.3, -0.25) is 9.78 Å². The van der Waals surface area contributed by atoms with Crippen LogP contribution < -0.4 is 0 Å². The van der Waals surface area contributed by atoms with Gasteiger partial charge in [0.1, 0.15) is 5.82 Å². The van der Waals surface area contributed by atoms with Crippen molar-refractivity contribution in [3.63, 3.8) is 0 Å². The van der Waals surface area contributed by atoms with Crippen LogP contribution in [0.2, 0.25) is 0 Å². The Kier molecular flexibility index (Phi) is 4.00. The summed E-state index contributed by atoms with van der Waals surface area (Å²) in [6.45, 7) is 2.41. The van der Waals surface area contributed by atoms with Crippen molar-refractivity contribution in [3.05, 3.63) is 53.4 Å².